The molecule has 42 valence electrons. The number of halogens is 3. The summed E-state index contributed by atoms with van der Waals surface area (Å²) >= 11 is 7.59. The molecule has 0 heterocycles. The van der Waals surface area contributed by atoms with Crippen LogP contribution in [-0.2, 0) is 0 Å². The Labute approximate surface area is 78.4 Å². The van der Waals surface area contributed by atoms with Crippen molar-refractivity contribution in [1.29, 1.82) is 0 Å². The number of hydrogen-bond acceptors (Lipinski definition) is 0. The van der Waals surface area contributed by atoms with Gasteiger partial charge in [0.1, 0.15) is 0 Å². The first-order valence-corrected chi connectivity index (χ1v) is 34.0. The molecule has 0 spiro atoms. The van der Waals surface area contributed by atoms with E-state index in [1.807, 2.05) is 0 Å². The van der Waals surface area contributed by atoms with Crippen LogP contribution in [0.25, 0.3) is 0 Å². The van der Waals surface area contributed by atoms with Gasteiger partial charge >= 0.3 is 63.1 Å². The van der Waals surface area contributed by atoms with E-state index in [0.29, 0.717) is 0 Å². The van der Waals surface area contributed by atoms with E-state index >= 15 is 0 Å². The summed E-state index contributed by atoms with van der Waals surface area (Å²) in [5.41, 5.74) is 4.50. The van der Waals surface area contributed by atoms with Crippen molar-refractivity contribution in [3.63, 3.8) is 0 Å². The molecule has 0 aliphatic heterocycles. The normalized spacial score (nSPS) is 5.57. The Morgan fingerprint density at radius 1 is 1.43 bits per heavy atom. The van der Waals surface area contributed by atoms with Crippen molar-refractivity contribution in [2.24, 2.45) is 5.73 Å². The monoisotopic (exact) mass is 634 g/mol. The molecule has 0 atom stereocenters. The second-order valence-corrected chi connectivity index (χ2v) is 84.8. The summed E-state index contributed by atoms with van der Waals surface area (Å²) in [7, 11) is -0.747. The molecular weight excluding hydrogens is 628 g/mol. The molecule has 0 aliphatic carbocycles. The second-order valence-electron chi connectivity index (χ2n) is 0.407. The van der Waals surface area contributed by atoms with Gasteiger partial charge in [-0.15, -0.1) is 0 Å². The van der Waals surface area contributed by atoms with Gasteiger partial charge in [-0.3, -0.25) is 11.1 Å². The fraction of sp³-hybridized carbons (Fsp3) is 0. The molecule has 0 aliphatic rings. The first-order valence-electron chi connectivity index (χ1n) is 1.23. The van der Waals surface area contributed by atoms with Gasteiger partial charge in [-0.05, 0) is 0 Å². The third-order valence-electron chi connectivity index (χ3n) is 0. The fourth-order valence-electron chi connectivity index (χ4n) is 0. The Balaban J connectivity index is 0. The molecule has 0 saturated carbocycles. The molecular formula is CH5I3N2Pb+2. The number of rotatable bonds is 0. The van der Waals surface area contributed by atoms with Crippen molar-refractivity contribution in [2.75, 3.05) is 0 Å². The zero-order valence-electron chi connectivity index (χ0n) is 3.37. The van der Waals surface area contributed by atoms with Gasteiger partial charge in [0.2, 0.25) is 6.34 Å². The van der Waals surface area contributed by atoms with E-state index in [4.69, 9.17) is 0 Å². The summed E-state index contributed by atoms with van der Waals surface area (Å²) in [5.74, 6) is 0. The van der Waals surface area contributed by atoms with Crippen LogP contribution in [-0.4, -0.2) is 16.2 Å². The molecule has 4 N–H and O–H groups in total. The van der Waals surface area contributed by atoms with Crippen LogP contribution in [0.5, 0.6) is 0 Å². The van der Waals surface area contributed by atoms with Crippen molar-refractivity contribution < 1.29 is 5.41 Å². The quantitative estimate of drug-likeness (QED) is 0.168. The van der Waals surface area contributed by atoms with Crippen LogP contribution < -0.4 is 11.1 Å². The molecule has 0 fully saturated rings. The molecule has 2 nitrogen and oxygen atoms in total. The van der Waals surface area contributed by atoms with E-state index in [2.05, 4.69) is 64.4 Å². The first kappa shape index (κ1) is 12.3. The van der Waals surface area contributed by atoms with Crippen LogP contribution in [0, 0.1) is 0 Å². The first-order chi connectivity index (χ1) is 3.15. The molecule has 0 saturated heterocycles. The Bertz CT molecular complexity index is 37.2. The summed E-state index contributed by atoms with van der Waals surface area (Å²) in [6.45, 7) is 0. The van der Waals surface area contributed by atoms with E-state index in [1.165, 1.54) is 0 Å². The topological polar surface area (TPSA) is 51.6 Å². The van der Waals surface area contributed by atoms with Crippen LogP contribution in [0.2, 0.25) is 0 Å². The predicted octanol–water partition coefficient (Wildman–Crippen LogP) is 0.00880. The third-order valence-corrected chi connectivity index (χ3v) is 0. The molecule has 0 aromatic heterocycles. The van der Waals surface area contributed by atoms with Crippen LogP contribution in [0.3, 0.4) is 0 Å². The van der Waals surface area contributed by atoms with E-state index in [9.17, 15) is 0 Å². The van der Waals surface area contributed by atoms with Crippen LogP contribution in [0.1, 0.15) is 0 Å². The van der Waals surface area contributed by atoms with Crippen LogP contribution in [0.15, 0.2) is 0 Å². The Morgan fingerprint density at radius 2 is 1.43 bits per heavy atom. The molecule has 0 amide bonds. The molecule has 0 unspecified atom stereocenters. The molecule has 7 heavy (non-hydrogen) atoms. The van der Waals surface area contributed by atoms with Crippen LogP contribution >= 0.6 is 53.3 Å². The van der Waals surface area contributed by atoms with Crippen molar-refractivity contribution >= 4 is 69.4 Å². The van der Waals surface area contributed by atoms with Crippen LogP contribution in [0.4, 0.5) is 0 Å². The van der Waals surface area contributed by atoms with Crippen molar-refractivity contribution in [2.45, 2.75) is 0 Å². The van der Waals surface area contributed by atoms with Crippen molar-refractivity contribution in [3.05, 3.63) is 0 Å². The summed E-state index contributed by atoms with van der Waals surface area (Å²) < 4.78 is 0. The van der Waals surface area contributed by atoms with E-state index in [1.54, 1.807) is 0 Å². The number of hydrogen-bond donors (Lipinski definition) is 2. The Hall–Kier alpha value is 2.58. The summed E-state index contributed by atoms with van der Waals surface area (Å²) in [6.07, 6.45) is 1.00. The van der Waals surface area contributed by atoms with Crippen molar-refractivity contribution in [3.8, 4) is 0 Å². The maximum atomic E-state index is 4.50. The average molecular weight is 633 g/mol. The summed E-state index contributed by atoms with van der Waals surface area (Å²) in [6, 6.07) is 0. The zero-order chi connectivity index (χ0) is 6.28. The third kappa shape index (κ3) is 55.8. The van der Waals surface area contributed by atoms with Gasteiger partial charge in [-0.25, -0.2) is 0 Å². The summed E-state index contributed by atoms with van der Waals surface area (Å²) in [5, 5.41) is 4.50. The Kier molecular flexibility index (Phi) is 20.0. The van der Waals surface area contributed by atoms with Gasteiger partial charge in [0, 0.05) is 0 Å². The minimum absolute atomic E-state index is 0.747. The Morgan fingerprint density at radius 3 is 1.43 bits per heavy atom. The van der Waals surface area contributed by atoms with Gasteiger partial charge in [0.15, 0.2) is 0 Å². The molecule has 6 heteroatoms. The average Bonchev–Trinajstić information content (AvgIpc) is 1.33. The van der Waals surface area contributed by atoms with Gasteiger partial charge in [-0.2, -0.15) is 0 Å². The van der Waals surface area contributed by atoms with Crippen molar-refractivity contribution in [1.82, 2.24) is 0 Å². The second kappa shape index (κ2) is 11.4. The van der Waals surface area contributed by atoms with Gasteiger partial charge in [-0.1, -0.05) is 0 Å². The number of nitrogens with two attached hydrogens (primary N) is 2. The SMILES string of the molecule is NC=[NH2+].[I][Pb+]([I])[I]. The maximum absolute atomic E-state index is 4.50. The van der Waals surface area contributed by atoms with E-state index < -0.39 is 9.82 Å². The molecule has 0 bridgehead atoms. The van der Waals surface area contributed by atoms with Gasteiger partial charge < -0.3 is 0 Å². The van der Waals surface area contributed by atoms with E-state index in [0.717, 1.165) is 6.34 Å². The molecule has 0 aromatic rings. The molecule has 0 aromatic carbocycles. The molecule has 0 rings (SSSR count). The fourth-order valence-corrected chi connectivity index (χ4v) is 0. The van der Waals surface area contributed by atoms with Gasteiger partial charge in [0.05, 0.1) is 0 Å². The minimum atomic E-state index is -0.747. The van der Waals surface area contributed by atoms with Gasteiger partial charge in [0.25, 0.3) is 0 Å². The predicted molar refractivity (Wildman–Crippen MR) is 60.0 cm³/mol. The zero-order valence-corrected chi connectivity index (χ0v) is 13.7. The summed E-state index contributed by atoms with van der Waals surface area (Å²) in [4.78, 5) is 0. The van der Waals surface area contributed by atoms with E-state index in [-0.39, 0.29) is 0 Å². The molecule has 0 radical (unpaired) electrons. The standard InChI is InChI=1S/CH4N2.3HI.Pb/c2-1-3;;;;/h1H,(H3,2,3);3*1H;/q;;;;+4/p-2.